The van der Waals surface area contributed by atoms with Gasteiger partial charge in [0.05, 0.1) is 6.54 Å². The smallest absolute Gasteiger partial charge is 0.415 e. The lowest BCUT2D eigenvalue weighted by molar-refractivity contribution is -0.124. The average molecular weight is 322 g/mol. The quantitative estimate of drug-likeness (QED) is 0.844. The van der Waals surface area contributed by atoms with Gasteiger partial charge in [-0.2, -0.15) is 0 Å². The molecule has 2 saturated heterocycles. The molecule has 2 amide bonds. The Morgan fingerprint density at radius 1 is 1.27 bits per heavy atom. The molecule has 2 aliphatic rings. The molecular weight excluding hydrogens is 304 g/mol. The second kappa shape index (κ2) is 6.18. The van der Waals surface area contributed by atoms with Gasteiger partial charge >= 0.3 is 6.09 Å². The first-order chi connectivity index (χ1) is 10.5. The number of primary amides is 1. The maximum atomic E-state index is 11.8. The standard InChI is InChI=1S/C15H18N2O4S/c16-14(18)13-9-17(15(19)21-13)12-3-1-10(2-4-12)11-5-7-22(20)8-6-11/h1-4,11,13H,5-9H2,(H2,16,18)/t11?,13-,22?/m1/s1. The molecule has 22 heavy (non-hydrogen) atoms. The minimum Gasteiger partial charge on any atom is -0.616 e. The number of nitrogens with zero attached hydrogens (tertiary/aromatic N) is 1. The van der Waals surface area contributed by atoms with E-state index >= 15 is 0 Å². The number of benzene rings is 1. The molecule has 3 rings (SSSR count). The lowest BCUT2D eigenvalue weighted by atomic mass is 9.93. The molecule has 2 N–H and O–H groups in total. The van der Waals surface area contributed by atoms with E-state index in [9.17, 15) is 14.1 Å². The Hall–Kier alpha value is -1.73. The van der Waals surface area contributed by atoms with E-state index in [0.717, 1.165) is 24.3 Å². The SMILES string of the molecule is NC(=O)[C@H]1CN(c2ccc(C3CC[S+]([O-])CC3)cc2)C(=O)O1. The van der Waals surface area contributed by atoms with Crippen LogP contribution in [0.3, 0.4) is 0 Å². The first-order valence-electron chi connectivity index (χ1n) is 7.27. The minimum absolute atomic E-state index is 0.149. The lowest BCUT2D eigenvalue weighted by Crippen LogP contribution is -2.32. The highest BCUT2D eigenvalue weighted by Gasteiger charge is 2.35. The van der Waals surface area contributed by atoms with Gasteiger partial charge in [0.25, 0.3) is 5.91 Å². The van der Waals surface area contributed by atoms with Crippen LogP contribution in [0.2, 0.25) is 0 Å². The topological polar surface area (TPSA) is 95.7 Å². The van der Waals surface area contributed by atoms with Crippen molar-refractivity contribution >= 4 is 28.9 Å². The summed E-state index contributed by atoms with van der Waals surface area (Å²) in [5, 5.41) is 0. The summed E-state index contributed by atoms with van der Waals surface area (Å²) in [7, 11) is 0. The number of carbonyl (C=O) groups is 2. The molecule has 0 bridgehead atoms. The molecule has 7 heteroatoms. The summed E-state index contributed by atoms with van der Waals surface area (Å²) in [5.41, 5.74) is 7.05. The molecule has 0 unspecified atom stereocenters. The number of ether oxygens (including phenoxy) is 1. The number of hydrogen-bond donors (Lipinski definition) is 1. The van der Waals surface area contributed by atoms with Crippen LogP contribution in [0.25, 0.3) is 0 Å². The molecule has 0 radical (unpaired) electrons. The van der Waals surface area contributed by atoms with Gasteiger partial charge in [0, 0.05) is 5.69 Å². The summed E-state index contributed by atoms with van der Waals surface area (Å²) in [6.07, 6.45) is 0.424. The van der Waals surface area contributed by atoms with E-state index in [0.29, 0.717) is 11.6 Å². The zero-order valence-electron chi connectivity index (χ0n) is 12.1. The van der Waals surface area contributed by atoms with Crippen molar-refractivity contribution < 1.29 is 18.9 Å². The highest BCUT2D eigenvalue weighted by Crippen LogP contribution is 2.31. The second-order valence-corrected chi connectivity index (χ2v) is 7.30. The molecule has 2 heterocycles. The van der Waals surface area contributed by atoms with Gasteiger partial charge < -0.3 is 15.0 Å². The maximum Gasteiger partial charge on any atom is 0.415 e. The second-order valence-electron chi connectivity index (χ2n) is 5.60. The maximum absolute atomic E-state index is 11.8. The summed E-state index contributed by atoms with van der Waals surface area (Å²) in [4.78, 5) is 24.3. The Morgan fingerprint density at radius 2 is 1.91 bits per heavy atom. The van der Waals surface area contributed by atoms with E-state index in [1.54, 1.807) is 0 Å². The van der Waals surface area contributed by atoms with Crippen molar-refractivity contribution in [3.63, 3.8) is 0 Å². The van der Waals surface area contributed by atoms with Crippen molar-refractivity contribution in [2.24, 2.45) is 5.73 Å². The van der Waals surface area contributed by atoms with Crippen LogP contribution >= 0.6 is 0 Å². The zero-order chi connectivity index (χ0) is 15.7. The van der Waals surface area contributed by atoms with Gasteiger partial charge in [-0.3, -0.25) is 9.69 Å². The van der Waals surface area contributed by atoms with Crippen molar-refractivity contribution in [1.29, 1.82) is 0 Å². The van der Waals surface area contributed by atoms with Crippen molar-refractivity contribution in [3.05, 3.63) is 29.8 Å². The number of anilines is 1. The third kappa shape index (κ3) is 3.05. The fourth-order valence-electron chi connectivity index (χ4n) is 2.88. The van der Waals surface area contributed by atoms with E-state index in [4.69, 9.17) is 10.5 Å². The summed E-state index contributed by atoms with van der Waals surface area (Å²) in [5.74, 6) is 1.30. The number of amides is 2. The van der Waals surface area contributed by atoms with Crippen LogP contribution in [0.1, 0.15) is 24.3 Å². The van der Waals surface area contributed by atoms with Gasteiger partial charge in [0.2, 0.25) is 0 Å². The van der Waals surface area contributed by atoms with Gasteiger partial charge in [0.1, 0.15) is 11.5 Å². The summed E-state index contributed by atoms with van der Waals surface area (Å²) >= 11 is -0.667. The third-order valence-electron chi connectivity index (χ3n) is 4.19. The van der Waals surface area contributed by atoms with E-state index in [-0.39, 0.29) is 6.54 Å². The Bertz CT molecular complexity index is 569. The largest absolute Gasteiger partial charge is 0.616 e. The first kappa shape index (κ1) is 15.2. The molecule has 0 saturated carbocycles. The molecule has 118 valence electrons. The van der Waals surface area contributed by atoms with Gasteiger partial charge in [-0.05, 0) is 36.5 Å². The lowest BCUT2D eigenvalue weighted by Gasteiger charge is -2.24. The predicted molar refractivity (Wildman–Crippen MR) is 83.1 cm³/mol. The minimum atomic E-state index is -0.888. The third-order valence-corrected chi connectivity index (χ3v) is 5.58. The first-order valence-corrected chi connectivity index (χ1v) is 8.76. The Morgan fingerprint density at radius 3 is 2.45 bits per heavy atom. The van der Waals surface area contributed by atoms with Crippen LogP contribution in [0.4, 0.5) is 10.5 Å². The average Bonchev–Trinajstić information content (AvgIpc) is 2.91. The van der Waals surface area contributed by atoms with Gasteiger partial charge in [-0.1, -0.05) is 23.3 Å². The monoisotopic (exact) mass is 322 g/mol. The number of cyclic esters (lactones) is 1. The number of carbonyl (C=O) groups excluding carboxylic acids is 2. The predicted octanol–water partition coefficient (Wildman–Crippen LogP) is 1.12. The Balaban J connectivity index is 1.69. The number of hydrogen-bond acceptors (Lipinski definition) is 4. The van der Waals surface area contributed by atoms with Gasteiger partial charge in [-0.25, -0.2) is 4.79 Å². The van der Waals surface area contributed by atoms with Crippen LogP contribution < -0.4 is 10.6 Å². The fraction of sp³-hybridized carbons (Fsp3) is 0.467. The van der Waals surface area contributed by atoms with Crippen molar-refractivity contribution in [2.75, 3.05) is 23.0 Å². The van der Waals surface area contributed by atoms with E-state index < -0.39 is 29.3 Å². The molecule has 1 aromatic rings. The molecule has 1 aromatic carbocycles. The van der Waals surface area contributed by atoms with E-state index in [2.05, 4.69) is 0 Å². The summed E-state index contributed by atoms with van der Waals surface area (Å²) < 4.78 is 16.3. The molecule has 2 aliphatic heterocycles. The van der Waals surface area contributed by atoms with Crippen LogP contribution in [0, 0.1) is 0 Å². The number of rotatable bonds is 3. The van der Waals surface area contributed by atoms with Crippen LogP contribution in [-0.4, -0.2) is 40.7 Å². The molecule has 1 atom stereocenters. The van der Waals surface area contributed by atoms with E-state index in [1.165, 1.54) is 10.5 Å². The van der Waals surface area contributed by atoms with Crippen LogP contribution in [0.5, 0.6) is 0 Å². The summed E-state index contributed by atoms with van der Waals surface area (Å²) in [6, 6.07) is 7.68. The van der Waals surface area contributed by atoms with Crippen molar-refractivity contribution in [3.8, 4) is 0 Å². The highest BCUT2D eigenvalue weighted by atomic mass is 32.2. The molecular formula is C15H18N2O4S. The molecule has 6 nitrogen and oxygen atoms in total. The summed E-state index contributed by atoms with van der Waals surface area (Å²) in [6.45, 7) is 0.149. The normalized spacial score (nSPS) is 28.5. The molecule has 2 fully saturated rings. The van der Waals surface area contributed by atoms with Crippen LogP contribution in [0.15, 0.2) is 24.3 Å². The zero-order valence-corrected chi connectivity index (χ0v) is 12.9. The van der Waals surface area contributed by atoms with Crippen molar-refractivity contribution in [1.82, 2.24) is 0 Å². The van der Waals surface area contributed by atoms with Gasteiger partial charge in [0.15, 0.2) is 6.10 Å². The number of nitrogens with two attached hydrogens (primary N) is 1. The fourth-order valence-corrected chi connectivity index (χ4v) is 4.17. The van der Waals surface area contributed by atoms with Gasteiger partial charge in [-0.15, -0.1) is 0 Å². The Labute approximate surface area is 131 Å². The van der Waals surface area contributed by atoms with Crippen molar-refractivity contribution in [2.45, 2.75) is 24.9 Å². The molecule has 0 aliphatic carbocycles. The Kier molecular flexibility index (Phi) is 4.26. The molecule has 0 spiro atoms. The van der Waals surface area contributed by atoms with E-state index in [1.807, 2.05) is 24.3 Å². The highest BCUT2D eigenvalue weighted by molar-refractivity contribution is 7.91. The molecule has 0 aromatic heterocycles. The van der Waals surface area contributed by atoms with Crippen LogP contribution in [-0.2, 0) is 20.7 Å².